The number of nitrogens with zero attached hydrogens (tertiary/aromatic N) is 2. The number of anilines is 2. The van der Waals surface area contributed by atoms with Crippen molar-refractivity contribution in [1.29, 1.82) is 5.26 Å². The molecule has 31 heavy (non-hydrogen) atoms. The smallest absolute Gasteiger partial charge is 0.245 e. The number of ether oxygens (including phenoxy) is 1. The van der Waals surface area contributed by atoms with Crippen LogP contribution < -0.4 is 14.4 Å². The molecule has 0 aliphatic heterocycles. The fraction of sp³-hybridized carbons (Fsp3) is 0.130. The molecular weight excluding hydrogens is 414 g/mol. The van der Waals surface area contributed by atoms with Gasteiger partial charge in [0.25, 0.3) is 0 Å². The van der Waals surface area contributed by atoms with Gasteiger partial charge in [-0.2, -0.15) is 5.26 Å². The third kappa shape index (κ3) is 6.07. The van der Waals surface area contributed by atoms with E-state index in [1.807, 2.05) is 18.2 Å². The third-order valence-corrected chi connectivity index (χ3v) is 5.44. The highest BCUT2D eigenvalue weighted by atomic mass is 32.2. The molecule has 0 bridgehead atoms. The topological polar surface area (TPSA) is 99.5 Å². The standard InChI is InChI=1S/C23H21N3O4S/c1-31(28,29)26(17-23(27)25-19-13-11-18(12-14-19)15-16-24)21-9-5-6-10-22(21)30-20-7-3-2-4-8-20/h2-14H,15,17H2,1H3,(H,25,27). The van der Waals surface area contributed by atoms with Crippen molar-refractivity contribution in [3.8, 4) is 17.6 Å². The molecule has 0 heterocycles. The van der Waals surface area contributed by atoms with E-state index in [9.17, 15) is 13.2 Å². The van der Waals surface area contributed by atoms with Crippen LogP contribution in [0.4, 0.5) is 11.4 Å². The molecule has 8 heteroatoms. The molecule has 0 fully saturated rings. The zero-order chi connectivity index (χ0) is 22.3. The van der Waals surface area contributed by atoms with Crippen LogP contribution in [0.25, 0.3) is 0 Å². The average molecular weight is 436 g/mol. The molecule has 0 aliphatic carbocycles. The van der Waals surface area contributed by atoms with Gasteiger partial charge in [0.2, 0.25) is 15.9 Å². The van der Waals surface area contributed by atoms with Crippen molar-refractivity contribution in [2.75, 3.05) is 22.4 Å². The first-order valence-electron chi connectivity index (χ1n) is 9.42. The van der Waals surface area contributed by atoms with Gasteiger partial charge in [-0.1, -0.05) is 42.5 Å². The first-order valence-corrected chi connectivity index (χ1v) is 11.3. The zero-order valence-electron chi connectivity index (χ0n) is 16.9. The van der Waals surface area contributed by atoms with E-state index in [2.05, 4.69) is 11.4 Å². The van der Waals surface area contributed by atoms with Gasteiger partial charge in [0.1, 0.15) is 12.3 Å². The molecule has 0 aliphatic rings. The molecule has 7 nitrogen and oxygen atoms in total. The number of sulfonamides is 1. The summed E-state index contributed by atoms with van der Waals surface area (Å²) in [5.41, 5.74) is 1.59. The fourth-order valence-corrected chi connectivity index (χ4v) is 3.73. The minimum atomic E-state index is -3.78. The highest BCUT2D eigenvalue weighted by Crippen LogP contribution is 2.33. The van der Waals surface area contributed by atoms with Gasteiger partial charge >= 0.3 is 0 Å². The number of amides is 1. The average Bonchev–Trinajstić information content (AvgIpc) is 2.74. The zero-order valence-corrected chi connectivity index (χ0v) is 17.7. The van der Waals surface area contributed by atoms with Crippen LogP contribution in [0, 0.1) is 11.3 Å². The Morgan fingerprint density at radius 2 is 1.65 bits per heavy atom. The van der Waals surface area contributed by atoms with Gasteiger partial charge in [0.15, 0.2) is 5.75 Å². The summed E-state index contributed by atoms with van der Waals surface area (Å²) in [6, 6.07) is 24.5. The first-order chi connectivity index (χ1) is 14.9. The van der Waals surface area contributed by atoms with E-state index in [0.29, 0.717) is 17.2 Å². The van der Waals surface area contributed by atoms with Gasteiger partial charge in [-0.15, -0.1) is 0 Å². The molecular formula is C23H21N3O4S. The highest BCUT2D eigenvalue weighted by molar-refractivity contribution is 7.92. The minimum Gasteiger partial charge on any atom is -0.455 e. The highest BCUT2D eigenvalue weighted by Gasteiger charge is 2.24. The SMILES string of the molecule is CS(=O)(=O)N(CC(=O)Nc1ccc(CC#N)cc1)c1ccccc1Oc1ccccc1. The summed E-state index contributed by atoms with van der Waals surface area (Å²) in [5, 5.41) is 11.4. The second kappa shape index (κ2) is 9.78. The Kier molecular flexibility index (Phi) is 6.90. The summed E-state index contributed by atoms with van der Waals surface area (Å²) in [6.07, 6.45) is 1.31. The monoisotopic (exact) mass is 435 g/mol. The van der Waals surface area contributed by atoms with Crippen LogP contribution in [0.5, 0.6) is 11.5 Å². The van der Waals surface area contributed by atoms with Gasteiger partial charge in [-0.3, -0.25) is 9.10 Å². The minimum absolute atomic E-state index is 0.258. The number of carbonyl (C=O) groups excluding carboxylic acids is 1. The number of nitrogens with one attached hydrogen (secondary N) is 1. The number of nitriles is 1. The largest absolute Gasteiger partial charge is 0.455 e. The lowest BCUT2D eigenvalue weighted by Gasteiger charge is -2.24. The summed E-state index contributed by atoms with van der Waals surface area (Å²) in [6.45, 7) is -0.423. The second-order valence-electron chi connectivity index (χ2n) is 6.73. The summed E-state index contributed by atoms with van der Waals surface area (Å²) in [5.74, 6) is 0.353. The molecule has 158 valence electrons. The van der Waals surface area contributed by atoms with Gasteiger partial charge in [0, 0.05) is 5.69 Å². The summed E-state index contributed by atoms with van der Waals surface area (Å²) in [7, 11) is -3.78. The van der Waals surface area contributed by atoms with Gasteiger partial charge < -0.3 is 10.1 Å². The molecule has 0 spiro atoms. The molecule has 0 radical (unpaired) electrons. The second-order valence-corrected chi connectivity index (χ2v) is 8.64. The Balaban J connectivity index is 1.81. The lowest BCUT2D eigenvalue weighted by atomic mass is 10.1. The maximum Gasteiger partial charge on any atom is 0.245 e. The van der Waals surface area contributed by atoms with Crippen molar-refractivity contribution in [1.82, 2.24) is 0 Å². The van der Waals surface area contributed by atoms with Crippen LogP contribution >= 0.6 is 0 Å². The van der Waals surface area contributed by atoms with E-state index in [0.717, 1.165) is 16.1 Å². The molecule has 0 saturated carbocycles. The van der Waals surface area contributed by atoms with Crippen LogP contribution in [-0.2, 0) is 21.2 Å². The summed E-state index contributed by atoms with van der Waals surface area (Å²) in [4.78, 5) is 12.6. The van der Waals surface area contributed by atoms with E-state index in [1.165, 1.54) is 0 Å². The van der Waals surface area contributed by atoms with E-state index in [-0.39, 0.29) is 12.1 Å². The maximum absolute atomic E-state index is 12.6. The van der Waals surface area contributed by atoms with E-state index < -0.39 is 22.5 Å². The summed E-state index contributed by atoms with van der Waals surface area (Å²) >= 11 is 0. The Labute approximate surface area is 181 Å². The van der Waals surface area contributed by atoms with Crippen LogP contribution in [0.15, 0.2) is 78.9 Å². The fourth-order valence-electron chi connectivity index (χ4n) is 2.87. The Hall–Kier alpha value is -3.83. The molecule has 0 saturated heterocycles. The number of carbonyl (C=O) groups is 1. The Morgan fingerprint density at radius 1 is 1.00 bits per heavy atom. The molecule has 0 unspecified atom stereocenters. The van der Waals surface area contributed by atoms with Gasteiger partial charge in [0.05, 0.1) is 24.4 Å². The predicted octanol–water partition coefficient (Wildman–Crippen LogP) is 3.95. The van der Waals surface area contributed by atoms with Crippen LogP contribution in [0.2, 0.25) is 0 Å². The number of hydrogen-bond acceptors (Lipinski definition) is 5. The molecule has 3 aromatic carbocycles. The Morgan fingerprint density at radius 3 is 2.29 bits per heavy atom. The molecule has 3 rings (SSSR count). The van der Waals surface area contributed by atoms with Crippen molar-refractivity contribution in [3.63, 3.8) is 0 Å². The first kappa shape index (κ1) is 21.9. The quantitative estimate of drug-likeness (QED) is 0.578. The number of rotatable bonds is 8. The van der Waals surface area contributed by atoms with Crippen LogP contribution in [0.3, 0.4) is 0 Å². The van der Waals surface area contributed by atoms with Crippen molar-refractivity contribution in [2.24, 2.45) is 0 Å². The normalized spacial score (nSPS) is 10.7. The lowest BCUT2D eigenvalue weighted by Crippen LogP contribution is -2.37. The van der Waals surface area contributed by atoms with Crippen molar-refractivity contribution < 1.29 is 17.9 Å². The predicted molar refractivity (Wildman–Crippen MR) is 120 cm³/mol. The molecule has 3 aromatic rings. The number of benzene rings is 3. The van der Waals surface area contributed by atoms with E-state index in [4.69, 9.17) is 10.00 Å². The molecule has 0 aromatic heterocycles. The summed E-state index contributed by atoms with van der Waals surface area (Å²) < 4.78 is 31.9. The van der Waals surface area contributed by atoms with Crippen LogP contribution in [0.1, 0.15) is 5.56 Å². The van der Waals surface area contributed by atoms with Gasteiger partial charge in [-0.05, 0) is 42.0 Å². The van der Waals surface area contributed by atoms with Gasteiger partial charge in [-0.25, -0.2) is 8.42 Å². The molecule has 1 amide bonds. The van der Waals surface area contributed by atoms with Crippen LogP contribution in [-0.4, -0.2) is 27.1 Å². The molecule has 0 atom stereocenters. The Bertz CT molecular complexity index is 1190. The maximum atomic E-state index is 12.6. The number of para-hydroxylation sites is 3. The third-order valence-electron chi connectivity index (χ3n) is 4.31. The van der Waals surface area contributed by atoms with E-state index >= 15 is 0 Å². The van der Waals surface area contributed by atoms with Crippen molar-refractivity contribution in [2.45, 2.75) is 6.42 Å². The van der Waals surface area contributed by atoms with E-state index in [1.54, 1.807) is 60.7 Å². The number of hydrogen-bond donors (Lipinski definition) is 1. The lowest BCUT2D eigenvalue weighted by molar-refractivity contribution is -0.114. The molecule has 1 N–H and O–H groups in total. The van der Waals surface area contributed by atoms with Crippen molar-refractivity contribution in [3.05, 3.63) is 84.4 Å². The van der Waals surface area contributed by atoms with Crippen molar-refractivity contribution >= 4 is 27.3 Å².